The summed E-state index contributed by atoms with van der Waals surface area (Å²) in [5, 5.41) is 0. The number of carbonyl (C=O) groups excluding carboxylic acids is 1. The van der Waals surface area contributed by atoms with Gasteiger partial charge in [-0.05, 0) is 46.3 Å². The van der Waals surface area contributed by atoms with E-state index in [1.54, 1.807) is 12.1 Å². The fraction of sp³-hybridized carbons (Fsp3) is 0.0833. The first kappa shape index (κ1) is 13.7. The van der Waals surface area contributed by atoms with E-state index in [2.05, 4.69) is 15.9 Å². The van der Waals surface area contributed by atoms with Crippen molar-refractivity contribution in [2.45, 2.75) is 4.90 Å². The van der Waals surface area contributed by atoms with Crippen LogP contribution in [-0.4, -0.2) is 11.5 Å². The van der Waals surface area contributed by atoms with E-state index in [0.29, 0.717) is 4.88 Å². The third-order valence-electron chi connectivity index (χ3n) is 2.10. The van der Waals surface area contributed by atoms with E-state index < -0.39 is 11.6 Å². The smallest absolute Gasteiger partial charge is 0.183 e. The Morgan fingerprint density at radius 3 is 2.72 bits per heavy atom. The highest BCUT2D eigenvalue weighted by Gasteiger charge is 2.11. The third kappa shape index (κ3) is 3.40. The van der Waals surface area contributed by atoms with E-state index >= 15 is 0 Å². The number of carbonyl (C=O) groups is 1. The lowest BCUT2D eigenvalue weighted by Crippen LogP contribution is -1.99. The number of rotatable bonds is 4. The van der Waals surface area contributed by atoms with Gasteiger partial charge in [-0.25, -0.2) is 8.78 Å². The van der Waals surface area contributed by atoms with Crippen molar-refractivity contribution in [2.24, 2.45) is 0 Å². The standard InChI is InChI=1S/C12H7BrF2OS2/c13-12-4-3-10(18-12)9(16)6-17-11-5-7(14)1-2-8(11)15/h1-5H,6H2. The summed E-state index contributed by atoms with van der Waals surface area (Å²) in [6, 6.07) is 6.70. The average molecular weight is 349 g/mol. The molecule has 0 amide bonds. The highest BCUT2D eigenvalue weighted by molar-refractivity contribution is 9.11. The van der Waals surface area contributed by atoms with Crippen molar-refractivity contribution in [3.63, 3.8) is 0 Å². The van der Waals surface area contributed by atoms with Crippen molar-refractivity contribution in [3.05, 3.63) is 50.6 Å². The zero-order chi connectivity index (χ0) is 13.1. The maximum Gasteiger partial charge on any atom is 0.183 e. The van der Waals surface area contributed by atoms with Crippen LogP contribution >= 0.6 is 39.0 Å². The summed E-state index contributed by atoms with van der Waals surface area (Å²) >= 11 is 5.59. The zero-order valence-corrected chi connectivity index (χ0v) is 12.2. The van der Waals surface area contributed by atoms with Gasteiger partial charge in [0, 0.05) is 4.90 Å². The largest absolute Gasteiger partial charge is 0.292 e. The molecule has 1 aromatic heterocycles. The molecule has 1 heterocycles. The highest BCUT2D eigenvalue weighted by Crippen LogP contribution is 2.27. The molecule has 0 spiro atoms. The van der Waals surface area contributed by atoms with Crippen LogP contribution in [0.4, 0.5) is 8.78 Å². The minimum absolute atomic E-state index is 0.0906. The van der Waals surface area contributed by atoms with E-state index in [-0.39, 0.29) is 16.4 Å². The number of Topliss-reactive ketones (excluding diaryl/α,β-unsaturated/α-hetero) is 1. The molecule has 0 N–H and O–H groups in total. The molecule has 1 aromatic carbocycles. The molecule has 0 fully saturated rings. The molecule has 0 radical (unpaired) electrons. The van der Waals surface area contributed by atoms with Gasteiger partial charge in [-0.3, -0.25) is 4.79 Å². The van der Waals surface area contributed by atoms with E-state index in [1.807, 2.05) is 0 Å². The first-order valence-electron chi connectivity index (χ1n) is 4.92. The first-order valence-corrected chi connectivity index (χ1v) is 7.52. The molecule has 1 nitrogen and oxygen atoms in total. The molecular formula is C12H7BrF2OS2. The average Bonchev–Trinajstić information content (AvgIpc) is 2.77. The predicted molar refractivity (Wildman–Crippen MR) is 73.4 cm³/mol. The quantitative estimate of drug-likeness (QED) is 0.585. The predicted octanol–water partition coefficient (Wildman–Crippen LogP) is 4.76. The Labute approximate surface area is 119 Å². The van der Waals surface area contributed by atoms with Gasteiger partial charge in [0.1, 0.15) is 11.6 Å². The number of ketones is 1. The fourth-order valence-corrected chi connectivity index (χ4v) is 3.53. The summed E-state index contributed by atoms with van der Waals surface area (Å²) in [5.74, 6) is -1.03. The van der Waals surface area contributed by atoms with Gasteiger partial charge in [-0.2, -0.15) is 0 Å². The van der Waals surface area contributed by atoms with Gasteiger partial charge in [-0.1, -0.05) is 0 Å². The third-order valence-corrected chi connectivity index (χ3v) is 4.80. The van der Waals surface area contributed by atoms with Gasteiger partial charge >= 0.3 is 0 Å². The number of hydrogen-bond donors (Lipinski definition) is 0. The summed E-state index contributed by atoms with van der Waals surface area (Å²) in [7, 11) is 0. The second kappa shape index (κ2) is 5.95. The molecule has 0 aliphatic heterocycles. The fourth-order valence-electron chi connectivity index (χ4n) is 1.27. The molecular weight excluding hydrogens is 342 g/mol. The second-order valence-corrected chi connectivity index (χ2v) is 6.87. The van der Waals surface area contributed by atoms with Crippen molar-refractivity contribution >= 4 is 44.8 Å². The number of halogens is 3. The van der Waals surface area contributed by atoms with Gasteiger partial charge in [0.15, 0.2) is 5.78 Å². The van der Waals surface area contributed by atoms with Crippen molar-refractivity contribution in [3.8, 4) is 0 Å². The molecule has 6 heteroatoms. The molecule has 2 aromatic rings. The lowest BCUT2D eigenvalue weighted by molar-refractivity contribution is 0.102. The van der Waals surface area contributed by atoms with Crippen molar-refractivity contribution in [1.82, 2.24) is 0 Å². The molecule has 0 unspecified atom stereocenters. The monoisotopic (exact) mass is 348 g/mol. The van der Waals surface area contributed by atoms with Crippen LogP contribution in [0.5, 0.6) is 0 Å². The normalized spacial score (nSPS) is 10.6. The molecule has 0 saturated heterocycles. The summed E-state index contributed by atoms with van der Waals surface area (Å²) in [5.41, 5.74) is 0. The Morgan fingerprint density at radius 1 is 1.28 bits per heavy atom. The number of thioether (sulfide) groups is 1. The maximum absolute atomic E-state index is 13.3. The Balaban J connectivity index is 2.03. The van der Waals surface area contributed by atoms with Crippen molar-refractivity contribution in [2.75, 3.05) is 5.75 Å². The van der Waals surface area contributed by atoms with E-state index in [9.17, 15) is 13.6 Å². The number of hydrogen-bond acceptors (Lipinski definition) is 3. The van der Waals surface area contributed by atoms with Gasteiger partial charge in [0.05, 0.1) is 14.4 Å². The minimum Gasteiger partial charge on any atom is -0.292 e. The van der Waals surface area contributed by atoms with Gasteiger partial charge < -0.3 is 0 Å². The number of benzene rings is 1. The van der Waals surface area contributed by atoms with E-state index in [1.165, 1.54) is 11.3 Å². The van der Waals surface area contributed by atoms with E-state index in [4.69, 9.17) is 0 Å². The van der Waals surface area contributed by atoms with Crippen LogP contribution in [0.25, 0.3) is 0 Å². The highest BCUT2D eigenvalue weighted by atomic mass is 79.9. The topological polar surface area (TPSA) is 17.1 Å². The molecule has 0 aliphatic rings. The van der Waals surface area contributed by atoms with Crippen LogP contribution in [0.2, 0.25) is 0 Å². The molecule has 0 aliphatic carbocycles. The van der Waals surface area contributed by atoms with Crippen LogP contribution in [-0.2, 0) is 0 Å². The van der Waals surface area contributed by atoms with Crippen LogP contribution in [0.1, 0.15) is 9.67 Å². The molecule has 0 bridgehead atoms. The SMILES string of the molecule is O=C(CSc1cc(F)ccc1F)c1ccc(Br)s1. The molecule has 2 rings (SSSR count). The van der Waals surface area contributed by atoms with Crippen LogP contribution in [0.3, 0.4) is 0 Å². The Bertz CT molecular complexity index is 583. The molecule has 0 saturated carbocycles. The summed E-state index contributed by atoms with van der Waals surface area (Å²) in [6.45, 7) is 0. The van der Waals surface area contributed by atoms with Crippen LogP contribution < -0.4 is 0 Å². The van der Waals surface area contributed by atoms with Gasteiger partial charge in [-0.15, -0.1) is 23.1 Å². The maximum atomic E-state index is 13.3. The zero-order valence-electron chi connectivity index (χ0n) is 8.95. The summed E-state index contributed by atoms with van der Waals surface area (Å²) in [6.07, 6.45) is 0. The van der Waals surface area contributed by atoms with Crippen molar-refractivity contribution < 1.29 is 13.6 Å². The lowest BCUT2D eigenvalue weighted by Gasteiger charge is -2.02. The lowest BCUT2D eigenvalue weighted by atomic mass is 10.3. The van der Waals surface area contributed by atoms with E-state index in [0.717, 1.165) is 33.7 Å². The summed E-state index contributed by atoms with van der Waals surface area (Å²) < 4.78 is 27.1. The second-order valence-electron chi connectivity index (χ2n) is 3.39. The number of thiophene rings is 1. The first-order chi connectivity index (χ1) is 8.56. The Morgan fingerprint density at radius 2 is 2.06 bits per heavy atom. The summed E-state index contributed by atoms with van der Waals surface area (Å²) in [4.78, 5) is 12.5. The molecule has 0 atom stereocenters. The Kier molecular flexibility index (Phi) is 4.53. The van der Waals surface area contributed by atoms with Gasteiger partial charge in [0.2, 0.25) is 0 Å². The van der Waals surface area contributed by atoms with Crippen LogP contribution in [0, 0.1) is 11.6 Å². The van der Waals surface area contributed by atoms with Crippen LogP contribution in [0.15, 0.2) is 39.0 Å². The van der Waals surface area contributed by atoms with Crippen molar-refractivity contribution in [1.29, 1.82) is 0 Å². The Hall–Kier alpha value is -0.720. The minimum atomic E-state index is -0.512. The molecule has 94 valence electrons. The van der Waals surface area contributed by atoms with Gasteiger partial charge in [0.25, 0.3) is 0 Å². The molecule has 18 heavy (non-hydrogen) atoms.